The van der Waals surface area contributed by atoms with Crippen LogP contribution in [0.4, 0.5) is 0 Å². The third kappa shape index (κ3) is 3.48. The molecule has 108 valence electrons. The van der Waals surface area contributed by atoms with Gasteiger partial charge >= 0.3 is 5.97 Å². The van der Waals surface area contributed by atoms with Gasteiger partial charge in [-0.05, 0) is 35.2 Å². The summed E-state index contributed by atoms with van der Waals surface area (Å²) in [7, 11) is 0. The second kappa shape index (κ2) is 6.52. The van der Waals surface area contributed by atoms with E-state index in [0.29, 0.717) is 18.7 Å². The highest BCUT2D eigenvalue weighted by molar-refractivity contribution is 5.89. The van der Waals surface area contributed by atoms with Crippen molar-refractivity contribution in [2.75, 3.05) is 6.61 Å². The Bertz CT molecular complexity index is 625. The summed E-state index contributed by atoms with van der Waals surface area (Å²) in [4.78, 5) is 17.3. The minimum Gasteiger partial charge on any atom is -0.457 e. The first-order chi connectivity index (χ1) is 10.3. The van der Waals surface area contributed by atoms with Crippen LogP contribution in [0.15, 0.2) is 48.5 Å². The highest BCUT2D eigenvalue weighted by Crippen LogP contribution is 2.16. The van der Waals surface area contributed by atoms with Crippen molar-refractivity contribution in [2.24, 2.45) is 0 Å². The lowest BCUT2D eigenvalue weighted by atomic mass is 10.0. The molecule has 21 heavy (non-hydrogen) atoms. The SMILES string of the molecule is O=C(OCc1ccccc1)c1ccc2c(c1)CNOCC2. The van der Waals surface area contributed by atoms with E-state index in [4.69, 9.17) is 9.57 Å². The summed E-state index contributed by atoms with van der Waals surface area (Å²) in [5, 5.41) is 0. The van der Waals surface area contributed by atoms with Gasteiger partial charge in [-0.1, -0.05) is 36.4 Å². The van der Waals surface area contributed by atoms with E-state index in [-0.39, 0.29) is 12.6 Å². The van der Waals surface area contributed by atoms with Crippen molar-refractivity contribution in [1.82, 2.24) is 5.48 Å². The molecule has 2 aromatic carbocycles. The Balaban J connectivity index is 1.68. The number of carbonyl (C=O) groups is 1. The van der Waals surface area contributed by atoms with E-state index in [9.17, 15) is 4.79 Å². The summed E-state index contributed by atoms with van der Waals surface area (Å²) >= 11 is 0. The van der Waals surface area contributed by atoms with Gasteiger partial charge < -0.3 is 9.57 Å². The molecule has 0 radical (unpaired) electrons. The number of hydrogen-bond donors (Lipinski definition) is 1. The molecule has 0 aromatic heterocycles. The Kier molecular flexibility index (Phi) is 4.28. The number of ether oxygens (including phenoxy) is 1. The molecule has 0 spiro atoms. The Hall–Kier alpha value is -2.17. The van der Waals surface area contributed by atoms with Crippen molar-refractivity contribution in [1.29, 1.82) is 0 Å². The first kappa shape index (κ1) is 13.8. The normalized spacial score (nSPS) is 14.1. The lowest BCUT2D eigenvalue weighted by molar-refractivity contribution is 0.0441. The molecule has 3 rings (SSSR count). The van der Waals surface area contributed by atoms with Crippen LogP contribution in [0, 0.1) is 0 Å². The van der Waals surface area contributed by atoms with Crippen LogP contribution in [0.3, 0.4) is 0 Å². The number of hydroxylamine groups is 1. The lowest BCUT2D eigenvalue weighted by Crippen LogP contribution is -2.12. The van der Waals surface area contributed by atoms with Gasteiger partial charge in [-0.25, -0.2) is 4.79 Å². The molecule has 0 aliphatic carbocycles. The van der Waals surface area contributed by atoms with Crippen LogP contribution in [-0.2, 0) is 29.1 Å². The molecule has 4 heteroatoms. The molecule has 0 saturated heterocycles. The number of esters is 1. The molecule has 2 aromatic rings. The predicted molar refractivity (Wildman–Crippen MR) is 78.5 cm³/mol. The zero-order chi connectivity index (χ0) is 14.5. The third-order valence-electron chi connectivity index (χ3n) is 3.49. The average Bonchev–Trinajstić information content (AvgIpc) is 2.78. The molecule has 1 aliphatic heterocycles. The van der Waals surface area contributed by atoms with Crippen LogP contribution in [0.5, 0.6) is 0 Å². The van der Waals surface area contributed by atoms with E-state index in [1.807, 2.05) is 48.5 Å². The van der Waals surface area contributed by atoms with Gasteiger partial charge in [0.15, 0.2) is 0 Å². The summed E-state index contributed by atoms with van der Waals surface area (Å²) in [5.41, 5.74) is 6.73. The van der Waals surface area contributed by atoms with Gasteiger partial charge in [-0.3, -0.25) is 0 Å². The van der Waals surface area contributed by atoms with Gasteiger partial charge in [0, 0.05) is 6.54 Å². The smallest absolute Gasteiger partial charge is 0.338 e. The lowest BCUT2D eigenvalue weighted by Gasteiger charge is -2.08. The van der Waals surface area contributed by atoms with E-state index in [0.717, 1.165) is 17.5 Å². The van der Waals surface area contributed by atoms with Crippen molar-refractivity contribution in [3.63, 3.8) is 0 Å². The first-order valence-electron chi connectivity index (χ1n) is 7.00. The van der Waals surface area contributed by atoms with Crippen LogP contribution in [0.25, 0.3) is 0 Å². The fraction of sp³-hybridized carbons (Fsp3) is 0.235. The maximum Gasteiger partial charge on any atom is 0.338 e. The quantitative estimate of drug-likeness (QED) is 0.880. The fourth-order valence-electron chi connectivity index (χ4n) is 2.33. The van der Waals surface area contributed by atoms with Gasteiger partial charge in [-0.15, -0.1) is 0 Å². The number of nitrogens with one attached hydrogen (secondary N) is 1. The van der Waals surface area contributed by atoms with Crippen LogP contribution >= 0.6 is 0 Å². The second-order valence-electron chi connectivity index (χ2n) is 4.96. The Morgan fingerprint density at radius 2 is 2.00 bits per heavy atom. The summed E-state index contributed by atoms with van der Waals surface area (Å²) in [6.45, 7) is 1.54. The Morgan fingerprint density at radius 1 is 1.14 bits per heavy atom. The minimum atomic E-state index is -0.299. The van der Waals surface area contributed by atoms with Gasteiger partial charge in [0.1, 0.15) is 6.61 Å². The minimum absolute atomic E-state index is 0.290. The molecule has 4 nitrogen and oxygen atoms in total. The second-order valence-corrected chi connectivity index (χ2v) is 4.96. The highest BCUT2D eigenvalue weighted by Gasteiger charge is 2.13. The molecule has 0 fully saturated rings. The van der Waals surface area contributed by atoms with Crippen molar-refractivity contribution in [3.8, 4) is 0 Å². The van der Waals surface area contributed by atoms with Gasteiger partial charge in [-0.2, -0.15) is 5.48 Å². The monoisotopic (exact) mass is 283 g/mol. The Labute approximate surface area is 123 Å². The zero-order valence-electron chi connectivity index (χ0n) is 11.7. The van der Waals surface area contributed by atoms with Crippen molar-refractivity contribution >= 4 is 5.97 Å². The van der Waals surface area contributed by atoms with Gasteiger partial charge in [0.05, 0.1) is 12.2 Å². The predicted octanol–water partition coefficient (Wildman–Crippen LogP) is 2.62. The summed E-state index contributed by atoms with van der Waals surface area (Å²) < 4.78 is 5.35. The maximum absolute atomic E-state index is 12.1. The number of benzene rings is 2. The average molecular weight is 283 g/mol. The van der Waals surface area contributed by atoms with E-state index >= 15 is 0 Å². The molecular weight excluding hydrogens is 266 g/mol. The maximum atomic E-state index is 12.1. The topological polar surface area (TPSA) is 47.6 Å². The van der Waals surface area contributed by atoms with Crippen LogP contribution in [0.1, 0.15) is 27.0 Å². The number of carbonyl (C=O) groups excluding carboxylic acids is 1. The molecular formula is C17H17NO3. The Morgan fingerprint density at radius 3 is 2.86 bits per heavy atom. The number of fused-ring (bicyclic) bond motifs is 1. The molecule has 0 bridgehead atoms. The fourth-order valence-corrected chi connectivity index (χ4v) is 2.33. The van der Waals surface area contributed by atoms with E-state index < -0.39 is 0 Å². The zero-order valence-corrected chi connectivity index (χ0v) is 11.7. The molecule has 0 saturated carbocycles. The van der Waals surface area contributed by atoms with Crippen LogP contribution in [0.2, 0.25) is 0 Å². The van der Waals surface area contributed by atoms with Crippen molar-refractivity contribution in [2.45, 2.75) is 19.6 Å². The summed E-state index contributed by atoms with van der Waals surface area (Å²) in [6, 6.07) is 15.3. The summed E-state index contributed by atoms with van der Waals surface area (Å²) in [6.07, 6.45) is 0.849. The van der Waals surface area contributed by atoms with E-state index in [1.165, 1.54) is 5.56 Å². The first-order valence-corrected chi connectivity index (χ1v) is 7.00. The molecule has 0 atom stereocenters. The standard InChI is InChI=1S/C17H17NO3/c19-17(20-12-13-4-2-1-3-5-13)15-7-6-14-8-9-21-18-11-16(14)10-15/h1-7,10,18H,8-9,11-12H2. The van der Waals surface area contributed by atoms with Crippen molar-refractivity contribution in [3.05, 3.63) is 70.8 Å². The van der Waals surface area contributed by atoms with E-state index in [2.05, 4.69) is 5.48 Å². The highest BCUT2D eigenvalue weighted by atomic mass is 16.6. The molecule has 1 heterocycles. The largest absolute Gasteiger partial charge is 0.457 e. The van der Waals surface area contributed by atoms with E-state index in [1.54, 1.807) is 0 Å². The molecule has 1 aliphatic rings. The van der Waals surface area contributed by atoms with Crippen LogP contribution < -0.4 is 5.48 Å². The number of rotatable bonds is 3. The summed E-state index contributed by atoms with van der Waals surface area (Å²) in [5.74, 6) is -0.299. The van der Waals surface area contributed by atoms with Crippen molar-refractivity contribution < 1.29 is 14.4 Å². The third-order valence-corrected chi connectivity index (χ3v) is 3.49. The van der Waals surface area contributed by atoms with Gasteiger partial charge in [0.25, 0.3) is 0 Å². The van der Waals surface area contributed by atoms with Gasteiger partial charge in [0.2, 0.25) is 0 Å². The molecule has 0 amide bonds. The molecule has 0 unspecified atom stereocenters. The number of hydrogen-bond acceptors (Lipinski definition) is 4. The van der Waals surface area contributed by atoms with Crippen LogP contribution in [-0.4, -0.2) is 12.6 Å². The molecule has 1 N–H and O–H groups in total.